The first-order chi connectivity index (χ1) is 17.7. The first-order valence-corrected chi connectivity index (χ1v) is 12.8. The predicted molar refractivity (Wildman–Crippen MR) is 142 cm³/mol. The van der Waals surface area contributed by atoms with Crippen LogP contribution >= 0.6 is 27.3 Å². The minimum Gasteiger partial charge on any atom is -0.503 e. The van der Waals surface area contributed by atoms with E-state index in [9.17, 15) is 14.7 Å². The van der Waals surface area contributed by atoms with E-state index in [-0.39, 0.29) is 29.2 Å². The molecule has 1 unspecified atom stereocenters. The Balaban J connectivity index is 2.01. The van der Waals surface area contributed by atoms with Crippen LogP contribution in [0.1, 0.15) is 31.0 Å². The molecule has 1 aliphatic heterocycles. The van der Waals surface area contributed by atoms with Crippen LogP contribution in [0.25, 0.3) is 6.08 Å². The summed E-state index contributed by atoms with van der Waals surface area (Å²) in [4.78, 5) is 32.0. The summed E-state index contributed by atoms with van der Waals surface area (Å²) < 4.78 is 23.9. The third-order valence-corrected chi connectivity index (χ3v) is 7.40. The standard InChI is InChI=1S/C26H25BrN2O7S/c1-6-36-25(32)21-13(2)28-26-29(22(21)16-12-15(33-3)7-8-18(16)34-4)24(31)20(37-26)11-14-9-17(27)23(30)19(10-14)35-5/h7-12,22,30H,6H2,1-5H3/b20-11-. The molecule has 0 amide bonds. The second kappa shape index (κ2) is 10.8. The number of allylic oxidation sites excluding steroid dienone is 1. The highest BCUT2D eigenvalue weighted by molar-refractivity contribution is 9.10. The largest absolute Gasteiger partial charge is 0.503 e. The van der Waals surface area contributed by atoms with Crippen molar-refractivity contribution in [1.29, 1.82) is 0 Å². The number of benzene rings is 2. The van der Waals surface area contributed by atoms with Crippen molar-refractivity contribution in [2.75, 3.05) is 27.9 Å². The number of esters is 1. The lowest BCUT2D eigenvalue weighted by atomic mass is 9.94. The van der Waals surface area contributed by atoms with Crippen LogP contribution in [-0.4, -0.2) is 43.6 Å². The third kappa shape index (κ3) is 4.88. The van der Waals surface area contributed by atoms with Crippen molar-refractivity contribution >= 4 is 39.3 Å². The van der Waals surface area contributed by atoms with Crippen LogP contribution in [0, 0.1) is 0 Å². The van der Waals surface area contributed by atoms with Gasteiger partial charge in [-0.3, -0.25) is 9.36 Å². The van der Waals surface area contributed by atoms with Gasteiger partial charge in [0, 0.05) is 5.56 Å². The molecule has 0 fully saturated rings. The van der Waals surface area contributed by atoms with Crippen molar-refractivity contribution in [2.24, 2.45) is 4.99 Å². The van der Waals surface area contributed by atoms with Crippen LogP contribution < -0.4 is 29.1 Å². The van der Waals surface area contributed by atoms with Crippen molar-refractivity contribution in [2.45, 2.75) is 19.9 Å². The molecule has 0 saturated heterocycles. The molecule has 2 heterocycles. The number of ether oxygens (including phenoxy) is 4. The molecule has 1 aliphatic rings. The number of halogens is 1. The van der Waals surface area contributed by atoms with Gasteiger partial charge in [0.05, 0.1) is 48.2 Å². The minimum absolute atomic E-state index is 0.0408. The lowest BCUT2D eigenvalue weighted by Crippen LogP contribution is -2.40. The van der Waals surface area contributed by atoms with Gasteiger partial charge in [-0.2, -0.15) is 0 Å². The molecule has 0 aliphatic carbocycles. The molecule has 0 bridgehead atoms. The van der Waals surface area contributed by atoms with E-state index >= 15 is 0 Å². The van der Waals surface area contributed by atoms with Gasteiger partial charge >= 0.3 is 5.97 Å². The molecule has 0 saturated carbocycles. The highest BCUT2D eigenvalue weighted by atomic mass is 79.9. The Kier molecular flexibility index (Phi) is 7.74. The van der Waals surface area contributed by atoms with Gasteiger partial charge < -0.3 is 24.1 Å². The predicted octanol–water partition coefficient (Wildman–Crippen LogP) is 3.29. The fourth-order valence-corrected chi connectivity index (χ4v) is 5.63. The average molecular weight is 589 g/mol. The molecule has 11 heteroatoms. The maximum Gasteiger partial charge on any atom is 0.338 e. The first-order valence-electron chi connectivity index (χ1n) is 11.2. The van der Waals surface area contributed by atoms with E-state index in [4.69, 9.17) is 18.9 Å². The summed E-state index contributed by atoms with van der Waals surface area (Å²) in [6.45, 7) is 3.60. The Morgan fingerprint density at radius 1 is 1.16 bits per heavy atom. The molecule has 37 heavy (non-hydrogen) atoms. The average Bonchev–Trinajstić information content (AvgIpc) is 3.18. The molecule has 4 rings (SSSR count). The number of hydrogen-bond donors (Lipinski definition) is 1. The van der Waals surface area contributed by atoms with Gasteiger partial charge in [0.25, 0.3) is 5.56 Å². The summed E-state index contributed by atoms with van der Waals surface area (Å²) in [6.07, 6.45) is 1.68. The van der Waals surface area contributed by atoms with E-state index in [1.807, 2.05) is 0 Å². The second-order valence-corrected chi connectivity index (χ2v) is 9.83. The molecule has 194 valence electrons. The number of methoxy groups -OCH3 is 3. The number of rotatable bonds is 7. The highest BCUT2D eigenvalue weighted by Crippen LogP contribution is 2.38. The normalized spacial score (nSPS) is 15.2. The Labute approximate surface area is 225 Å². The molecule has 1 atom stereocenters. The molecule has 0 radical (unpaired) electrons. The van der Waals surface area contributed by atoms with E-state index in [1.165, 1.54) is 37.2 Å². The zero-order chi connectivity index (χ0) is 26.9. The van der Waals surface area contributed by atoms with Crippen LogP contribution in [-0.2, 0) is 9.53 Å². The number of carbonyl (C=O) groups excluding carboxylic acids is 1. The number of phenols is 1. The summed E-state index contributed by atoms with van der Waals surface area (Å²) in [5, 5.41) is 10.1. The number of aromatic hydroxyl groups is 1. The number of carbonyl (C=O) groups is 1. The van der Waals surface area contributed by atoms with Gasteiger partial charge in [0.15, 0.2) is 16.3 Å². The van der Waals surface area contributed by atoms with Crippen molar-refractivity contribution in [1.82, 2.24) is 4.57 Å². The van der Waals surface area contributed by atoms with E-state index in [0.29, 0.717) is 42.1 Å². The maximum atomic E-state index is 13.8. The molecule has 1 aromatic heterocycles. The quantitative estimate of drug-likeness (QED) is 0.422. The van der Waals surface area contributed by atoms with E-state index in [2.05, 4.69) is 20.9 Å². The molecule has 0 spiro atoms. The van der Waals surface area contributed by atoms with Crippen molar-refractivity contribution < 1.29 is 28.8 Å². The van der Waals surface area contributed by atoms with Crippen LogP contribution in [0.5, 0.6) is 23.0 Å². The molecule has 3 aromatic rings. The molecule has 9 nitrogen and oxygen atoms in total. The zero-order valence-corrected chi connectivity index (χ0v) is 23.2. The smallest absolute Gasteiger partial charge is 0.338 e. The van der Waals surface area contributed by atoms with Crippen molar-refractivity contribution in [3.63, 3.8) is 0 Å². The number of phenolic OH excluding ortho intramolecular Hbond substituents is 1. The number of thiazole rings is 1. The summed E-state index contributed by atoms with van der Waals surface area (Å²) >= 11 is 4.49. The number of fused-ring (bicyclic) bond motifs is 1. The molecular formula is C26H25BrN2O7S. The van der Waals surface area contributed by atoms with Gasteiger partial charge in [-0.15, -0.1) is 0 Å². The fourth-order valence-electron chi connectivity index (χ4n) is 4.12. The van der Waals surface area contributed by atoms with Gasteiger partial charge in [0.1, 0.15) is 17.5 Å². The molecule has 2 aromatic carbocycles. The Hall–Kier alpha value is -3.57. The Bertz CT molecular complexity index is 1590. The summed E-state index contributed by atoms with van der Waals surface area (Å²) in [6, 6.07) is 7.64. The lowest BCUT2D eigenvalue weighted by molar-refractivity contribution is -0.139. The topological polar surface area (TPSA) is 109 Å². The van der Waals surface area contributed by atoms with Gasteiger partial charge in [0.2, 0.25) is 0 Å². The monoisotopic (exact) mass is 588 g/mol. The van der Waals surface area contributed by atoms with Crippen LogP contribution in [0.2, 0.25) is 0 Å². The van der Waals surface area contributed by atoms with E-state index < -0.39 is 12.0 Å². The fraction of sp³-hybridized carbons (Fsp3) is 0.269. The SMILES string of the molecule is CCOC(=O)C1=C(C)N=c2s/c(=C\c3cc(Br)c(O)c(OC)c3)c(=O)n2C1c1cc(OC)ccc1OC. The van der Waals surface area contributed by atoms with Crippen LogP contribution in [0.15, 0.2) is 55.9 Å². The summed E-state index contributed by atoms with van der Waals surface area (Å²) in [5.74, 6) is 0.662. The van der Waals surface area contributed by atoms with Crippen LogP contribution in [0.4, 0.5) is 0 Å². The zero-order valence-electron chi connectivity index (χ0n) is 20.8. The maximum absolute atomic E-state index is 13.8. The number of aromatic nitrogens is 1. The van der Waals surface area contributed by atoms with Gasteiger partial charge in [-0.05, 0) is 71.7 Å². The first kappa shape index (κ1) is 26.5. The Morgan fingerprint density at radius 3 is 2.54 bits per heavy atom. The van der Waals surface area contributed by atoms with Crippen molar-refractivity contribution in [3.8, 4) is 23.0 Å². The van der Waals surface area contributed by atoms with E-state index in [1.54, 1.807) is 50.3 Å². The van der Waals surface area contributed by atoms with E-state index in [0.717, 1.165) is 0 Å². The highest BCUT2D eigenvalue weighted by Gasteiger charge is 2.35. The number of hydrogen-bond acceptors (Lipinski definition) is 9. The summed E-state index contributed by atoms with van der Waals surface area (Å²) in [5.41, 5.74) is 1.51. The molecule has 1 N–H and O–H groups in total. The number of nitrogens with zero attached hydrogens (tertiary/aromatic N) is 2. The lowest BCUT2D eigenvalue weighted by Gasteiger charge is -2.26. The minimum atomic E-state index is -0.858. The summed E-state index contributed by atoms with van der Waals surface area (Å²) in [7, 11) is 4.50. The van der Waals surface area contributed by atoms with Crippen LogP contribution in [0.3, 0.4) is 0 Å². The Morgan fingerprint density at radius 2 is 1.89 bits per heavy atom. The third-order valence-electron chi connectivity index (χ3n) is 5.82. The van der Waals surface area contributed by atoms with Crippen molar-refractivity contribution in [3.05, 3.63) is 76.9 Å². The van der Waals surface area contributed by atoms with Gasteiger partial charge in [-0.1, -0.05) is 11.3 Å². The molecular weight excluding hydrogens is 564 g/mol. The van der Waals surface area contributed by atoms with Gasteiger partial charge in [-0.25, -0.2) is 9.79 Å². The second-order valence-electron chi connectivity index (χ2n) is 7.96.